The Kier molecular flexibility index (Phi) is 3.07. The minimum atomic E-state index is -0.220. The van der Waals surface area contributed by atoms with Crippen LogP contribution in [0, 0.1) is 22.7 Å². The molecule has 1 unspecified atom stereocenters. The van der Waals surface area contributed by atoms with Crippen LogP contribution >= 0.6 is 12.6 Å². The third-order valence-electron chi connectivity index (χ3n) is 1.79. The number of hydrogen-bond donors (Lipinski definition) is 1. The Hall–Kier alpha value is -0.160. The van der Waals surface area contributed by atoms with E-state index in [1.807, 2.05) is 20.8 Å². The van der Waals surface area contributed by atoms with E-state index >= 15 is 0 Å². The van der Waals surface area contributed by atoms with Crippen molar-refractivity contribution in [3.05, 3.63) is 0 Å². The van der Waals surface area contributed by atoms with E-state index in [1.165, 1.54) is 0 Å². The van der Waals surface area contributed by atoms with Gasteiger partial charge < -0.3 is 0 Å². The van der Waals surface area contributed by atoms with Gasteiger partial charge in [0.25, 0.3) is 0 Å². The molecule has 0 aromatic heterocycles. The van der Waals surface area contributed by atoms with E-state index in [9.17, 15) is 0 Å². The number of nitrogens with zero attached hydrogens (tertiary/aromatic N) is 1. The summed E-state index contributed by atoms with van der Waals surface area (Å²) in [5.74, 6) is 1.14. The summed E-state index contributed by atoms with van der Waals surface area (Å²) < 4.78 is 0. The lowest BCUT2D eigenvalue weighted by Gasteiger charge is -2.21. The van der Waals surface area contributed by atoms with Gasteiger partial charge >= 0.3 is 0 Å². The summed E-state index contributed by atoms with van der Waals surface area (Å²) in [7, 11) is 0. The van der Waals surface area contributed by atoms with Crippen molar-refractivity contribution in [1.82, 2.24) is 0 Å². The van der Waals surface area contributed by atoms with E-state index in [1.54, 1.807) is 0 Å². The van der Waals surface area contributed by atoms with E-state index in [4.69, 9.17) is 5.26 Å². The molecule has 0 bridgehead atoms. The topological polar surface area (TPSA) is 23.8 Å². The quantitative estimate of drug-likeness (QED) is 0.588. The zero-order chi connectivity index (χ0) is 7.49. The molecule has 0 rings (SSSR count). The molecular weight excluding hydrogens is 130 g/mol. The van der Waals surface area contributed by atoms with Crippen molar-refractivity contribution >= 4 is 12.6 Å². The van der Waals surface area contributed by atoms with Gasteiger partial charge in [-0.1, -0.05) is 6.92 Å². The van der Waals surface area contributed by atoms with Crippen LogP contribution < -0.4 is 0 Å². The van der Waals surface area contributed by atoms with Crippen LogP contribution in [0.3, 0.4) is 0 Å². The van der Waals surface area contributed by atoms with Crippen molar-refractivity contribution < 1.29 is 0 Å². The van der Waals surface area contributed by atoms with Crippen molar-refractivity contribution in [3.63, 3.8) is 0 Å². The summed E-state index contributed by atoms with van der Waals surface area (Å²) in [4.78, 5) is 0. The van der Waals surface area contributed by atoms with E-state index in [2.05, 4.69) is 18.7 Å². The Morgan fingerprint density at radius 3 is 2.22 bits per heavy atom. The normalized spacial score (nSPS) is 14.6. The van der Waals surface area contributed by atoms with E-state index < -0.39 is 0 Å². The molecule has 0 aromatic carbocycles. The Morgan fingerprint density at radius 2 is 2.11 bits per heavy atom. The highest BCUT2D eigenvalue weighted by Crippen LogP contribution is 2.25. The number of rotatable bonds is 2. The second-order valence-corrected chi connectivity index (χ2v) is 3.28. The summed E-state index contributed by atoms with van der Waals surface area (Å²) in [5.41, 5.74) is -0.220. The first kappa shape index (κ1) is 8.84. The van der Waals surface area contributed by atoms with Crippen molar-refractivity contribution in [2.24, 2.45) is 11.3 Å². The first-order valence-electron chi connectivity index (χ1n) is 3.06. The maximum atomic E-state index is 8.61. The van der Waals surface area contributed by atoms with Gasteiger partial charge in [0, 0.05) is 0 Å². The molecule has 0 radical (unpaired) electrons. The molecule has 0 amide bonds. The molecule has 1 nitrogen and oxygen atoms in total. The SMILES string of the molecule is CC(CS)C(C)(C)C#N. The lowest BCUT2D eigenvalue weighted by atomic mass is 9.83. The van der Waals surface area contributed by atoms with Crippen molar-refractivity contribution in [2.45, 2.75) is 20.8 Å². The zero-order valence-electron chi connectivity index (χ0n) is 6.18. The van der Waals surface area contributed by atoms with Gasteiger partial charge in [-0.15, -0.1) is 0 Å². The van der Waals surface area contributed by atoms with Crippen LogP contribution in [0.25, 0.3) is 0 Å². The number of thiol groups is 1. The van der Waals surface area contributed by atoms with Crippen molar-refractivity contribution in [2.75, 3.05) is 5.75 Å². The Morgan fingerprint density at radius 1 is 1.67 bits per heavy atom. The lowest BCUT2D eigenvalue weighted by Crippen LogP contribution is -2.20. The summed E-state index contributed by atoms with van der Waals surface area (Å²) >= 11 is 4.11. The van der Waals surface area contributed by atoms with Gasteiger partial charge in [0.1, 0.15) is 0 Å². The van der Waals surface area contributed by atoms with Crippen LogP contribution in [0.4, 0.5) is 0 Å². The van der Waals surface area contributed by atoms with Gasteiger partial charge in [0.05, 0.1) is 11.5 Å². The van der Waals surface area contributed by atoms with Crippen LogP contribution in [-0.4, -0.2) is 5.75 Å². The summed E-state index contributed by atoms with van der Waals surface area (Å²) in [6.45, 7) is 5.91. The van der Waals surface area contributed by atoms with E-state index in [-0.39, 0.29) is 5.41 Å². The standard InChI is InChI=1S/C7H13NS/c1-6(4-9)7(2,3)5-8/h6,9H,4H2,1-3H3. The first-order valence-corrected chi connectivity index (χ1v) is 3.70. The van der Waals surface area contributed by atoms with Crippen LogP contribution in [0.2, 0.25) is 0 Å². The monoisotopic (exact) mass is 143 g/mol. The van der Waals surface area contributed by atoms with Gasteiger partial charge in [0.2, 0.25) is 0 Å². The molecule has 1 atom stereocenters. The fourth-order valence-corrected chi connectivity index (χ4v) is 0.795. The van der Waals surface area contributed by atoms with Crippen molar-refractivity contribution in [3.8, 4) is 6.07 Å². The smallest absolute Gasteiger partial charge is 0.0687 e. The number of nitriles is 1. The van der Waals surface area contributed by atoms with Gasteiger partial charge in [-0.25, -0.2) is 0 Å². The van der Waals surface area contributed by atoms with Gasteiger partial charge in [0.15, 0.2) is 0 Å². The molecular formula is C7H13NS. The third kappa shape index (κ3) is 2.28. The predicted octanol–water partition coefficient (Wildman–Crippen LogP) is 2.10. The third-order valence-corrected chi connectivity index (χ3v) is 2.34. The molecule has 0 aliphatic heterocycles. The van der Waals surface area contributed by atoms with Gasteiger partial charge in [-0.2, -0.15) is 17.9 Å². The molecule has 0 heterocycles. The first-order chi connectivity index (χ1) is 4.04. The highest BCUT2D eigenvalue weighted by molar-refractivity contribution is 7.80. The largest absolute Gasteiger partial charge is 0.198 e. The molecule has 0 spiro atoms. The van der Waals surface area contributed by atoms with Crippen LogP contribution in [0.5, 0.6) is 0 Å². The number of hydrogen-bond acceptors (Lipinski definition) is 2. The summed E-state index contributed by atoms with van der Waals surface area (Å²) in [5, 5.41) is 8.61. The molecule has 0 N–H and O–H groups in total. The molecule has 0 aliphatic carbocycles. The molecule has 0 saturated heterocycles. The molecule has 9 heavy (non-hydrogen) atoms. The molecule has 0 aromatic rings. The predicted molar refractivity (Wildman–Crippen MR) is 42.4 cm³/mol. The van der Waals surface area contributed by atoms with Crippen LogP contribution in [0.15, 0.2) is 0 Å². The minimum absolute atomic E-state index is 0.220. The average Bonchev–Trinajstić information content (AvgIpc) is 1.86. The Labute approximate surface area is 62.5 Å². The van der Waals surface area contributed by atoms with Gasteiger partial charge in [-0.05, 0) is 25.5 Å². The summed E-state index contributed by atoms with van der Waals surface area (Å²) in [6.07, 6.45) is 0. The lowest BCUT2D eigenvalue weighted by molar-refractivity contribution is 0.352. The maximum Gasteiger partial charge on any atom is 0.0687 e. The molecule has 2 heteroatoms. The van der Waals surface area contributed by atoms with Gasteiger partial charge in [-0.3, -0.25) is 0 Å². The Balaban J connectivity index is 4.01. The average molecular weight is 143 g/mol. The van der Waals surface area contributed by atoms with E-state index in [0.29, 0.717) is 5.92 Å². The fraction of sp³-hybridized carbons (Fsp3) is 0.857. The minimum Gasteiger partial charge on any atom is -0.198 e. The van der Waals surface area contributed by atoms with Crippen LogP contribution in [-0.2, 0) is 0 Å². The second-order valence-electron chi connectivity index (χ2n) is 2.92. The molecule has 0 fully saturated rings. The highest BCUT2D eigenvalue weighted by Gasteiger charge is 2.23. The van der Waals surface area contributed by atoms with E-state index in [0.717, 1.165) is 5.75 Å². The fourth-order valence-electron chi connectivity index (χ4n) is 0.338. The molecule has 0 saturated carbocycles. The van der Waals surface area contributed by atoms with Crippen molar-refractivity contribution in [1.29, 1.82) is 5.26 Å². The van der Waals surface area contributed by atoms with Crippen LogP contribution in [0.1, 0.15) is 20.8 Å². The highest BCUT2D eigenvalue weighted by atomic mass is 32.1. The zero-order valence-corrected chi connectivity index (χ0v) is 7.07. The maximum absolute atomic E-state index is 8.61. The summed E-state index contributed by atoms with van der Waals surface area (Å²) in [6, 6.07) is 2.24. The molecule has 52 valence electrons. The Bertz CT molecular complexity index is 123. The second kappa shape index (κ2) is 3.12. The molecule has 0 aliphatic rings.